The zero-order valence-electron chi connectivity index (χ0n) is 10.9. The van der Waals surface area contributed by atoms with Crippen LogP contribution >= 0.6 is 11.6 Å². The highest BCUT2D eigenvalue weighted by Crippen LogP contribution is 2.44. The lowest BCUT2D eigenvalue weighted by atomic mass is 10.1. The molecule has 1 fully saturated rings. The van der Waals surface area contributed by atoms with Gasteiger partial charge in [-0.15, -0.1) is 0 Å². The monoisotopic (exact) mass is 341 g/mol. The van der Waals surface area contributed by atoms with Gasteiger partial charge in [0.2, 0.25) is 10.0 Å². The Morgan fingerprint density at radius 2 is 2.10 bits per heavy atom. The van der Waals surface area contributed by atoms with Crippen molar-refractivity contribution >= 4 is 21.6 Å². The summed E-state index contributed by atoms with van der Waals surface area (Å²) < 4.78 is 54.9. The summed E-state index contributed by atoms with van der Waals surface area (Å²) in [5.41, 5.74) is -0.379. The maximum Gasteiger partial charge on any atom is 0.387 e. The molecule has 0 saturated heterocycles. The molecule has 2 rings (SSSR count). The quantitative estimate of drug-likeness (QED) is 0.795. The van der Waals surface area contributed by atoms with Crippen molar-refractivity contribution < 1.29 is 27.0 Å². The Morgan fingerprint density at radius 3 is 2.57 bits per heavy atom. The molecule has 0 spiro atoms. The van der Waals surface area contributed by atoms with Crippen LogP contribution in [0.3, 0.4) is 0 Å². The van der Waals surface area contributed by atoms with E-state index in [4.69, 9.17) is 16.7 Å². The fraction of sp³-hybridized carbons (Fsp3) is 0.500. The van der Waals surface area contributed by atoms with Crippen LogP contribution in [-0.2, 0) is 10.0 Å². The molecule has 0 unspecified atom stereocenters. The number of sulfonamides is 1. The second-order valence-electron chi connectivity index (χ2n) is 4.95. The summed E-state index contributed by atoms with van der Waals surface area (Å²) in [6, 6.07) is 3.24. The van der Waals surface area contributed by atoms with Gasteiger partial charge in [-0.05, 0) is 31.0 Å². The lowest BCUT2D eigenvalue weighted by Gasteiger charge is -2.14. The standard InChI is InChI=1S/C12H14ClF2NO4S/c13-9-5-8(1-2-10(9)20-11(14)15)21(18,19)16-6-12(7-17)3-4-12/h1-2,5,11,16-17H,3-4,6-7H2. The van der Waals surface area contributed by atoms with Gasteiger partial charge in [-0.2, -0.15) is 8.78 Å². The summed E-state index contributed by atoms with van der Waals surface area (Å²) in [5, 5.41) is 8.92. The molecule has 0 amide bonds. The lowest BCUT2D eigenvalue weighted by Crippen LogP contribution is -2.31. The van der Waals surface area contributed by atoms with E-state index in [0.717, 1.165) is 31.0 Å². The van der Waals surface area contributed by atoms with Gasteiger partial charge in [0, 0.05) is 18.6 Å². The van der Waals surface area contributed by atoms with Crippen molar-refractivity contribution in [3.63, 3.8) is 0 Å². The highest BCUT2D eigenvalue weighted by Gasteiger charge is 2.42. The Morgan fingerprint density at radius 1 is 1.43 bits per heavy atom. The average Bonchev–Trinajstić information content (AvgIpc) is 3.19. The number of halogens is 3. The molecule has 0 bridgehead atoms. The lowest BCUT2D eigenvalue weighted by molar-refractivity contribution is -0.0498. The fourth-order valence-electron chi connectivity index (χ4n) is 1.74. The third-order valence-corrected chi connectivity index (χ3v) is 5.05. The summed E-state index contributed by atoms with van der Waals surface area (Å²) in [7, 11) is -3.82. The number of alkyl halides is 2. The molecular formula is C12H14ClF2NO4S. The third-order valence-electron chi connectivity index (χ3n) is 3.36. The predicted octanol–water partition coefficient (Wildman–Crippen LogP) is 1.99. The Hall–Kier alpha value is -0.960. The molecule has 0 atom stereocenters. The van der Waals surface area contributed by atoms with Gasteiger partial charge >= 0.3 is 6.61 Å². The fourth-order valence-corrected chi connectivity index (χ4v) is 3.21. The number of hydrogen-bond donors (Lipinski definition) is 2. The molecule has 1 aliphatic carbocycles. The van der Waals surface area contributed by atoms with Crippen LogP contribution in [0.25, 0.3) is 0 Å². The first-order valence-electron chi connectivity index (χ1n) is 6.13. The van der Waals surface area contributed by atoms with Crippen LogP contribution < -0.4 is 9.46 Å². The first-order valence-corrected chi connectivity index (χ1v) is 7.99. The van der Waals surface area contributed by atoms with Gasteiger partial charge < -0.3 is 9.84 Å². The molecule has 0 radical (unpaired) electrons. The van der Waals surface area contributed by atoms with Crippen LogP contribution in [0.2, 0.25) is 5.02 Å². The van der Waals surface area contributed by atoms with Crippen molar-refractivity contribution in [3.05, 3.63) is 23.2 Å². The van der Waals surface area contributed by atoms with Gasteiger partial charge in [-0.3, -0.25) is 0 Å². The Labute approximate surface area is 125 Å². The Bertz CT molecular complexity index is 620. The molecule has 118 valence electrons. The highest BCUT2D eigenvalue weighted by atomic mass is 35.5. The molecule has 5 nitrogen and oxygen atoms in total. The van der Waals surface area contributed by atoms with Crippen molar-refractivity contribution in [2.24, 2.45) is 5.41 Å². The van der Waals surface area contributed by atoms with Crippen LogP contribution in [-0.4, -0.2) is 33.3 Å². The van der Waals surface area contributed by atoms with Gasteiger partial charge in [0.25, 0.3) is 0 Å². The molecule has 0 heterocycles. The smallest absolute Gasteiger partial charge is 0.387 e. The van der Waals surface area contributed by atoms with E-state index in [1.165, 1.54) is 0 Å². The zero-order valence-corrected chi connectivity index (χ0v) is 12.4. The third kappa shape index (κ3) is 4.03. The van der Waals surface area contributed by atoms with E-state index in [-0.39, 0.29) is 34.2 Å². The molecule has 0 aliphatic heterocycles. The van der Waals surface area contributed by atoms with Crippen molar-refractivity contribution in [2.45, 2.75) is 24.3 Å². The maximum atomic E-state index is 12.1. The maximum absolute atomic E-state index is 12.1. The van der Waals surface area contributed by atoms with Crippen LogP contribution in [0, 0.1) is 5.41 Å². The predicted molar refractivity (Wildman–Crippen MR) is 72.0 cm³/mol. The summed E-state index contributed by atoms with van der Waals surface area (Å²) in [5.74, 6) is -0.292. The number of aliphatic hydroxyl groups excluding tert-OH is 1. The molecular weight excluding hydrogens is 328 g/mol. The topological polar surface area (TPSA) is 75.6 Å². The van der Waals surface area contributed by atoms with Crippen LogP contribution in [0.5, 0.6) is 5.75 Å². The Balaban J connectivity index is 2.11. The van der Waals surface area contributed by atoms with E-state index in [1.54, 1.807) is 0 Å². The van der Waals surface area contributed by atoms with Gasteiger partial charge in [-0.1, -0.05) is 11.6 Å². The van der Waals surface area contributed by atoms with E-state index >= 15 is 0 Å². The molecule has 2 N–H and O–H groups in total. The number of rotatable bonds is 7. The molecule has 1 aliphatic rings. The summed E-state index contributed by atoms with van der Waals surface area (Å²) in [6.07, 6.45) is 1.52. The summed E-state index contributed by atoms with van der Waals surface area (Å²) in [6.45, 7) is -3.00. The van der Waals surface area contributed by atoms with Gasteiger partial charge in [0.05, 0.1) is 9.92 Å². The van der Waals surface area contributed by atoms with Crippen molar-refractivity contribution in [2.75, 3.05) is 13.2 Å². The molecule has 1 aromatic rings. The van der Waals surface area contributed by atoms with Crippen molar-refractivity contribution in [3.8, 4) is 5.75 Å². The second-order valence-corrected chi connectivity index (χ2v) is 7.13. The summed E-state index contributed by atoms with van der Waals surface area (Å²) in [4.78, 5) is -0.150. The van der Waals surface area contributed by atoms with E-state index < -0.39 is 16.6 Å². The van der Waals surface area contributed by atoms with Gasteiger partial charge in [0.15, 0.2) is 0 Å². The minimum Gasteiger partial charge on any atom is -0.433 e. The number of ether oxygens (including phenoxy) is 1. The van der Waals surface area contributed by atoms with Crippen LogP contribution in [0.4, 0.5) is 8.78 Å². The average molecular weight is 342 g/mol. The summed E-state index contributed by atoms with van der Waals surface area (Å²) >= 11 is 5.72. The van der Waals surface area contributed by atoms with E-state index in [9.17, 15) is 17.2 Å². The minimum absolute atomic E-state index is 0.0859. The molecule has 1 saturated carbocycles. The van der Waals surface area contributed by atoms with Crippen LogP contribution in [0.15, 0.2) is 23.1 Å². The van der Waals surface area contributed by atoms with E-state index in [1.807, 2.05) is 0 Å². The SMILES string of the molecule is O=S(=O)(NCC1(CO)CC1)c1ccc(OC(F)F)c(Cl)c1. The first kappa shape index (κ1) is 16.4. The zero-order chi connectivity index (χ0) is 15.7. The molecule has 9 heteroatoms. The highest BCUT2D eigenvalue weighted by molar-refractivity contribution is 7.89. The molecule has 0 aromatic heterocycles. The van der Waals surface area contributed by atoms with E-state index in [0.29, 0.717) is 0 Å². The second kappa shape index (κ2) is 6.04. The molecule has 21 heavy (non-hydrogen) atoms. The number of nitrogens with one attached hydrogen (secondary N) is 1. The normalized spacial score (nSPS) is 17.0. The minimum atomic E-state index is -3.82. The largest absolute Gasteiger partial charge is 0.433 e. The number of benzene rings is 1. The Kier molecular flexibility index (Phi) is 4.72. The number of aliphatic hydroxyl groups is 1. The molecule has 1 aromatic carbocycles. The van der Waals surface area contributed by atoms with Crippen molar-refractivity contribution in [1.82, 2.24) is 4.72 Å². The van der Waals surface area contributed by atoms with Crippen molar-refractivity contribution in [1.29, 1.82) is 0 Å². The number of hydrogen-bond acceptors (Lipinski definition) is 4. The van der Waals surface area contributed by atoms with E-state index in [2.05, 4.69) is 9.46 Å². The van der Waals surface area contributed by atoms with Gasteiger partial charge in [0.1, 0.15) is 5.75 Å². The van der Waals surface area contributed by atoms with Crippen LogP contribution in [0.1, 0.15) is 12.8 Å². The first-order chi connectivity index (χ1) is 9.78. The van der Waals surface area contributed by atoms with Gasteiger partial charge in [-0.25, -0.2) is 13.1 Å².